The molecule has 0 N–H and O–H groups in total. The van der Waals surface area contributed by atoms with Gasteiger partial charge in [-0.3, -0.25) is 4.79 Å². The highest BCUT2D eigenvalue weighted by molar-refractivity contribution is 6.62. The molecule has 0 aliphatic rings. The Balaban J connectivity index is 4.68. The second kappa shape index (κ2) is 8.66. The van der Waals surface area contributed by atoms with Crippen molar-refractivity contribution in [2.75, 3.05) is 13.2 Å². The Labute approximate surface area is 106 Å². The lowest BCUT2D eigenvalue weighted by molar-refractivity contribution is -0.139. The van der Waals surface area contributed by atoms with Gasteiger partial charge in [-0.05, 0) is 26.2 Å². The fourth-order valence-corrected chi connectivity index (χ4v) is 4.48. The summed E-state index contributed by atoms with van der Waals surface area (Å²) in [4.78, 5) is 11.6. The Morgan fingerprint density at radius 1 is 1.12 bits per heavy atom. The van der Waals surface area contributed by atoms with Gasteiger partial charge in [-0.25, -0.2) is 0 Å². The molecule has 0 unspecified atom stereocenters. The van der Waals surface area contributed by atoms with E-state index in [0.717, 1.165) is 6.42 Å². The summed E-state index contributed by atoms with van der Waals surface area (Å²) >= 11 is 0. The number of hydrogen-bond acceptors (Lipinski definition) is 4. The fourth-order valence-electron chi connectivity index (χ4n) is 1.63. The van der Waals surface area contributed by atoms with E-state index in [1.54, 1.807) is 0 Å². The van der Waals surface area contributed by atoms with Crippen LogP contribution in [0.4, 0.5) is 0 Å². The topological polar surface area (TPSA) is 44.8 Å². The lowest BCUT2D eigenvalue weighted by Gasteiger charge is -2.29. The maximum Gasteiger partial charge on any atom is 0.568 e. The molecule has 0 amide bonds. The minimum absolute atomic E-state index is 0.207. The third-order valence-corrected chi connectivity index (χ3v) is 5.42. The van der Waals surface area contributed by atoms with Crippen LogP contribution in [0.3, 0.4) is 0 Å². The Bertz CT molecular complexity index is 213. The van der Waals surface area contributed by atoms with Crippen molar-refractivity contribution in [1.82, 2.24) is 0 Å². The molecule has 0 saturated carbocycles. The smallest absolute Gasteiger partial charge is 0.473 e. The molecule has 0 aromatic carbocycles. The lowest BCUT2D eigenvalue weighted by atomic mass is 10.3. The van der Waals surface area contributed by atoms with Gasteiger partial charge in [-0.2, -0.15) is 0 Å². The van der Waals surface area contributed by atoms with E-state index in [4.69, 9.17) is 13.3 Å². The van der Waals surface area contributed by atoms with Crippen LogP contribution in [0.5, 0.6) is 0 Å². The van der Waals surface area contributed by atoms with Crippen LogP contribution in [0.15, 0.2) is 0 Å². The summed E-state index contributed by atoms with van der Waals surface area (Å²) in [5.41, 5.74) is 0. The zero-order valence-electron chi connectivity index (χ0n) is 11.7. The van der Waals surface area contributed by atoms with Gasteiger partial charge in [0.1, 0.15) is 0 Å². The molecule has 0 fully saturated rings. The van der Waals surface area contributed by atoms with Gasteiger partial charge < -0.3 is 13.3 Å². The zero-order valence-corrected chi connectivity index (χ0v) is 12.7. The van der Waals surface area contributed by atoms with Crippen molar-refractivity contribution in [2.45, 2.75) is 53.5 Å². The van der Waals surface area contributed by atoms with Crippen molar-refractivity contribution in [3.05, 3.63) is 0 Å². The lowest BCUT2D eigenvalue weighted by Crippen LogP contribution is -2.48. The first-order valence-corrected chi connectivity index (χ1v) is 8.42. The third kappa shape index (κ3) is 6.80. The normalized spacial score (nSPS) is 11.9. The van der Waals surface area contributed by atoms with E-state index < -0.39 is 8.80 Å². The minimum Gasteiger partial charge on any atom is -0.473 e. The predicted octanol–water partition coefficient (Wildman–Crippen LogP) is 3.00. The van der Waals surface area contributed by atoms with Gasteiger partial charge in [0.2, 0.25) is 0 Å². The highest BCUT2D eigenvalue weighted by atomic mass is 28.4. The van der Waals surface area contributed by atoms with Crippen LogP contribution in [0.1, 0.15) is 47.5 Å². The second-order valence-electron chi connectivity index (χ2n) is 4.37. The quantitative estimate of drug-likeness (QED) is 0.599. The van der Waals surface area contributed by atoms with E-state index in [1.165, 1.54) is 0 Å². The monoisotopic (exact) mass is 262 g/mol. The van der Waals surface area contributed by atoms with E-state index in [0.29, 0.717) is 31.6 Å². The summed E-state index contributed by atoms with van der Waals surface area (Å²) in [6, 6.07) is 0.685. The molecule has 0 aromatic rings. The molecule has 0 rings (SSSR count). The van der Waals surface area contributed by atoms with Crippen molar-refractivity contribution in [3.8, 4) is 0 Å². The van der Waals surface area contributed by atoms with Crippen LogP contribution in [0.25, 0.3) is 0 Å². The van der Waals surface area contributed by atoms with Crippen molar-refractivity contribution in [2.24, 2.45) is 5.92 Å². The molecule has 17 heavy (non-hydrogen) atoms. The van der Waals surface area contributed by atoms with E-state index in [1.807, 2.05) is 20.8 Å². The largest absolute Gasteiger partial charge is 0.568 e. The molecular formula is C12H26O4Si. The molecule has 0 aromatic heterocycles. The molecule has 102 valence electrons. The van der Waals surface area contributed by atoms with Gasteiger partial charge in [0.05, 0.1) is 0 Å². The number of rotatable bonds is 9. The molecule has 0 bridgehead atoms. The molecule has 5 heteroatoms. The van der Waals surface area contributed by atoms with E-state index >= 15 is 0 Å². The van der Waals surface area contributed by atoms with E-state index in [-0.39, 0.29) is 5.97 Å². The molecule has 4 nitrogen and oxygen atoms in total. The van der Waals surface area contributed by atoms with E-state index in [9.17, 15) is 4.79 Å². The molecule has 0 saturated heterocycles. The molecule has 0 atom stereocenters. The first-order chi connectivity index (χ1) is 7.99. The maximum atomic E-state index is 11.6. The Kier molecular flexibility index (Phi) is 8.46. The standard InChI is InChI=1S/C12H26O4Si/c1-6-9-12(13)16-17(14-7-2,15-8-3)10-11(4)5/h11H,6-10H2,1-5H3. The van der Waals surface area contributed by atoms with Crippen molar-refractivity contribution < 1.29 is 18.1 Å². The van der Waals surface area contributed by atoms with Crippen LogP contribution in [0, 0.1) is 5.92 Å². The average Bonchev–Trinajstić information content (AvgIpc) is 2.16. The highest BCUT2D eigenvalue weighted by Crippen LogP contribution is 2.22. The van der Waals surface area contributed by atoms with Crippen molar-refractivity contribution in [3.63, 3.8) is 0 Å². The fraction of sp³-hybridized carbons (Fsp3) is 0.917. The van der Waals surface area contributed by atoms with Gasteiger partial charge in [0.15, 0.2) is 0 Å². The summed E-state index contributed by atoms with van der Waals surface area (Å²) in [7, 11) is -2.81. The molecule has 0 spiro atoms. The van der Waals surface area contributed by atoms with Crippen LogP contribution in [0.2, 0.25) is 6.04 Å². The van der Waals surface area contributed by atoms with Gasteiger partial charge in [-0.1, -0.05) is 20.8 Å². The van der Waals surface area contributed by atoms with E-state index in [2.05, 4.69) is 13.8 Å². The summed E-state index contributed by atoms with van der Waals surface area (Å²) in [5.74, 6) is 0.177. The predicted molar refractivity (Wildman–Crippen MR) is 69.7 cm³/mol. The molecular weight excluding hydrogens is 236 g/mol. The summed E-state index contributed by atoms with van der Waals surface area (Å²) in [6.45, 7) is 10.9. The van der Waals surface area contributed by atoms with Crippen LogP contribution in [-0.2, 0) is 18.1 Å². The maximum absolute atomic E-state index is 11.6. The van der Waals surface area contributed by atoms with Gasteiger partial charge >= 0.3 is 8.80 Å². The van der Waals surface area contributed by atoms with Crippen molar-refractivity contribution >= 4 is 14.8 Å². The molecule has 0 aliphatic heterocycles. The van der Waals surface area contributed by atoms with Crippen molar-refractivity contribution in [1.29, 1.82) is 0 Å². The Morgan fingerprint density at radius 2 is 1.65 bits per heavy atom. The molecule has 0 aliphatic carbocycles. The summed E-state index contributed by atoms with van der Waals surface area (Å²) < 4.78 is 16.9. The number of carbonyl (C=O) groups excluding carboxylic acids is 1. The molecule has 0 heterocycles. The summed E-state index contributed by atoms with van der Waals surface area (Å²) in [6.07, 6.45) is 1.20. The first-order valence-electron chi connectivity index (χ1n) is 6.49. The van der Waals surface area contributed by atoms with Crippen LogP contribution >= 0.6 is 0 Å². The Morgan fingerprint density at radius 3 is 2.00 bits per heavy atom. The number of carbonyl (C=O) groups is 1. The van der Waals surface area contributed by atoms with Gasteiger partial charge in [0, 0.05) is 25.7 Å². The first kappa shape index (κ1) is 16.6. The van der Waals surface area contributed by atoms with Gasteiger partial charge in [0.25, 0.3) is 5.97 Å². The van der Waals surface area contributed by atoms with Gasteiger partial charge in [-0.15, -0.1) is 0 Å². The zero-order chi connectivity index (χ0) is 13.3. The highest BCUT2D eigenvalue weighted by Gasteiger charge is 2.45. The Hall–Kier alpha value is -0.393. The average molecular weight is 262 g/mol. The third-order valence-electron chi connectivity index (χ3n) is 2.11. The number of hydrogen-bond donors (Lipinski definition) is 0. The van der Waals surface area contributed by atoms with Crippen LogP contribution in [-0.4, -0.2) is 28.0 Å². The SMILES string of the molecule is CCCC(=O)O[Si](CC(C)C)(OCC)OCC. The second-order valence-corrected chi connectivity index (χ2v) is 6.93. The molecule has 0 radical (unpaired) electrons. The summed E-state index contributed by atoms with van der Waals surface area (Å²) in [5, 5.41) is 0. The van der Waals surface area contributed by atoms with Crippen LogP contribution < -0.4 is 0 Å². The minimum atomic E-state index is -2.81.